The van der Waals surface area contributed by atoms with E-state index in [-0.39, 0.29) is 0 Å². The third kappa shape index (κ3) is 2.27. The Bertz CT molecular complexity index is 1250. The average molecular weight is 347 g/mol. The monoisotopic (exact) mass is 346 g/mol. The molecule has 0 spiro atoms. The smallest absolute Gasteiger partial charge is 0.157 e. The van der Waals surface area contributed by atoms with Crippen LogP contribution < -0.4 is 5.32 Å². The van der Waals surface area contributed by atoms with E-state index in [1.54, 1.807) is 24.8 Å². The molecular weight excluding hydrogens is 336 g/mol. The van der Waals surface area contributed by atoms with Gasteiger partial charge < -0.3 is 5.32 Å². The van der Waals surface area contributed by atoms with Gasteiger partial charge in [0.15, 0.2) is 11.5 Å². The van der Waals surface area contributed by atoms with Gasteiger partial charge in [-0.2, -0.15) is 0 Å². The van der Waals surface area contributed by atoms with Crippen molar-refractivity contribution in [2.75, 3.05) is 5.32 Å². The van der Waals surface area contributed by atoms with Gasteiger partial charge in [0, 0.05) is 34.7 Å². The van der Waals surface area contributed by atoms with Crippen LogP contribution >= 0.6 is 11.6 Å². The van der Waals surface area contributed by atoms with Crippen LogP contribution in [-0.2, 0) is 0 Å². The molecule has 5 aromatic rings. The van der Waals surface area contributed by atoms with E-state index in [4.69, 9.17) is 21.6 Å². The Morgan fingerprint density at radius 2 is 1.92 bits per heavy atom. The molecule has 7 heteroatoms. The van der Waals surface area contributed by atoms with Crippen LogP contribution in [0.4, 0.5) is 11.5 Å². The molecule has 0 amide bonds. The van der Waals surface area contributed by atoms with Crippen LogP contribution in [0.1, 0.15) is 0 Å². The van der Waals surface area contributed by atoms with Crippen LogP contribution in [0, 0.1) is 0 Å². The van der Waals surface area contributed by atoms with Crippen molar-refractivity contribution >= 4 is 50.7 Å². The van der Waals surface area contributed by atoms with Crippen molar-refractivity contribution in [1.82, 2.24) is 24.3 Å². The fourth-order valence-electron chi connectivity index (χ4n) is 2.96. The van der Waals surface area contributed by atoms with Gasteiger partial charge in [0.25, 0.3) is 0 Å². The van der Waals surface area contributed by atoms with Gasteiger partial charge in [0.2, 0.25) is 0 Å². The van der Waals surface area contributed by atoms with Crippen molar-refractivity contribution in [1.29, 1.82) is 0 Å². The van der Waals surface area contributed by atoms with Crippen LogP contribution in [0.3, 0.4) is 0 Å². The van der Waals surface area contributed by atoms with Gasteiger partial charge in [0.1, 0.15) is 11.0 Å². The first-order valence-corrected chi connectivity index (χ1v) is 8.05. The second kappa shape index (κ2) is 5.39. The number of hydrogen-bond acceptors (Lipinski definition) is 5. The quantitative estimate of drug-likeness (QED) is 0.518. The zero-order valence-corrected chi connectivity index (χ0v) is 13.6. The molecular formula is C18H11ClN6. The number of nitrogens with one attached hydrogen (secondary N) is 1. The van der Waals surface area contributed by atoms with Gasteiger partial charge in [-0.25, -0.2) is 9.97 Å². The second-order valence-electron chi connectivity index (χ2n) is 5.60. The van der Waals surface area contributed by atoms with Crippen molar-refractivity contribution in [3.8, 4) is 0 Å². The maximum Gasteiger partial charge on any atom is 0.157 e. The minimum absolute atomic E-state index is 0.658. The molecule has 0 aliphatic rings. The molecule has 0 fully saturated rings. The Kier molecular flexibility index (Phi) is 3.05. The second-order valence-corrected chi connectivity index (χ2v) is 6.04. The first-order valence-electron chi connectivity index (χ1n) is 7.68. The van der Waals surface area contributed by atoms with E-state index in [0.29, 0.717) is 10.8 Å². The van der Waals surface area contributed by atoms with Gasteiger partial charge in [-0.3, -0.25) is 14.4 Å². The summed E-state index contributed by atoms with van der Waals surface area (Å²) in [6.45, 7) is 0. The average Bonchev–Trinajstić information content (AvgIpc) is 3.02. The van der Waals surface area contributed by atoms with Crippen LogP contribution in [-0.4, -0.2) is 24.3 Å². The maximum absolute atomic E-state index is 6.10. The summed E-state index contributed by atoms with van der Waals surface area (Å²) in [6, 6.07) is 9.45. The summed E-state index contributed by atoms with van der Waals surface area (Å²) in [4.78, 5) is 17.8. The molecule has 0 aliphatic carbocycles. The van der Waals surface area contributed by atoms with E-state index in [1.165, 1.54) is 0 Å². The highest BCUT2D eigenvalue weighted by Crippen LogP contribution is 2.31. The number of hydrogen-bond donors (Lipinski definition) is 1. The molecule has 0 saturated carbocycles. The first kappa shape index (κ1) is 14.1. The molecule has 0 bridgehead atoms. The molecule has 0 radical (unpaired) electrons. The van der Waals surface area contributed by atoms with Crippen molar-refractivity contribution in [2.45, 2.75) is 0 Å². The first-order chi connectivity index (χ1) is 12.3. The van der Waals surface area contributed by atoms with Gasteiger partial charge in [0.05, 0.1) is 17.9 Å². The van der Waals surface area contributed by atoms with Crippen LogP contribution in [0.2, 0.25) is 5.02 Å². The van der Waals surface area contributed by atoms with Gasteiger partial charge >= 0.3 is 0 Å². The molecule has 1 N–H and O–H groups in total. The minimum atomic E-state index is 0.658. The summed E-state index contributed by atoms with van der Waals surface area (Å²) in [7, 11) is 0. The minimum Gasteiger partial charge on any atom is -0.338 e. The Hall–Kier alpha value is -3.25. The normalized spacial score (nSPS) is 11.4. The highest BCUT2D eigenvalue weighted by Gasteiger charge is 2.15. The number of nitrogens with zero attached hydrogens (tertiary/aromatic N) is 5. The lowest BCUT2D eigenvalue weighted by molar-refractivity contribution is 1.15. The number of fused-ring (bicyclic) bond motifs is 5. The molecule has 0 saturated heterocycles. The molecule has 5 rings (SSSR count). The van der Waals surface area contributed by atoms with Crippen LogP contribution in [0.5, 0.6) is 0 Å². The Morgan fingerprint density at radius 3 is 2.84 bits per heavy atom. The maximum atomic E-state index is 6.10. The number of anilines is 2. The third-order valence-electron chi connectivity index (χ3n) is 4.03. The molecule has 120 valence electrons. The number of halogens is 1. The van der Waals surface area contributed by atoms with Crippen molar-refractivity contribution in [3.63, 3.8) is 0 Å². The third-order valence-corrected chi connectivity index (χ3v) is 4.26. The zero-order chi connectivity index (χ0) is 16.8. The lowest BCUT2D eigenvalue weighted by atomic mass is 10.2. The standard InChI is InChI=1S/C18H11ClN6/c19-11-2-1-3-12(8-11)22-18-17-16(13-4-5-20-9-14(13)23-18)24-15-10-21-6-7-25(15)17/h1-10H,(H,22,23). The number of aromatic nitrogens is 5. The van der Waals surface area contributed by atoms with E-state index < -0.39 is 0 Å². The molecule has 4 aromatic heterocycles. The predicted octanol–water partition coefficient (Wildman–Crippen LogP) is 4.22. The van der Waals surface area contributed by atoms with Crippen molar-refractivity contribution in [2.24, 2.45) is 0 Å². The van der Waals surface area contributed by atoms with Crippen molar-refractivity contribution in [3.05, 3.63) is 66.3 Å². The topological polar surface area (TPSA) is 68.0 Å². The summed E-state index contributed by atoms with van der Waals surface area (Å²) in [5.41, 5.74) is 4.13. The van der Waals surface area contributed by atoms with E-state index in [2.05, 4.69) is 15.3 Å². The molecule has 0 aliphatic heterocycles. The number of pyridine rings is 2. The number of benzene rings is 1. The lowest BCUT2D eigenvalue weighted by Crippen LogP contribution is -1.98. The molecule has 0 unspecified atom stereocenters. The molecule has 0 atom stereocenters. The fourth-order valence-corrected chi connectivity index (χ4v) is 3.15. The summed E-state index contributed by atoms with van der Waals surface area (Å²) in [5.74, 6) is 0.691. The largest absolute Gasteiger partial charge is 0.338 e. The van der Waals surface area contributed by atoms with E-state index in [0.717, 1.165) is 33.3 Å². The van der Waals surface area contributed by atoms with E-state index >= 15 is 0 Å². The Labute approximate surface area is 147 Å². The summed E-state index contributed by atoms with van der Waals surface area (Å²) >= 11 is 6.10. The molecule has 25 heavy (non-hydrogen) atoms. The fraction of sp³-hybridized carbons (Fsp3) is 0. The Balaban J connectivity index is 1.86. The zero-order valence-electron chi connectivity index (χ0n) is 12.9. The van der Waals surface area contributed by atoms with Crippen LogP contribution in [0.25, 0.3) is 27.6 Å². The van der Waals surface area contributed by atoms with Gasteiger partial charge in [-0.05, 0) is 24.3 Å². The van der Waals surface area contributed by atoms with Crippen molar-refractivity contribution < 1.29 is 0 Å². The number of rotatable bonds is 2. The highest BCUT2D eigenvalue weighted by atomic mass is 35.5. The summed E-state index contributed by atoms with van der Waals surface area (Å²) in [6.07, 6.45) is 8.82. The van der Waals surface area contributed by atoms with Gasteiger partial charge in [-0.15, -0.1) is 0 Å². The predicted molar refractivity (Wildman–Crippen MR) is 98.3 cm³/mol. The SMILES string of the molecule is Clc1cccc(Nc2nc3cnccc3c3nc4cnccn4c23)c1. The summed E-state index contributed by atoms with van der Waals surface area (Å²) in [5, 5.41) is 4.96. The molecule has 1 aromatic carbocycles. The lowest BCUT2D eigenvalue weighted by Gasteiger charge is -2.09. The Morgan fingerprint density at radius 1 is 1.00 bits per heavy atom. The summed E-state index contributed by atoms with van der Waals surface area (Å²) < 4.78 is 1.97. The van der Waals surface area contributed by atoms with E-state index in [9.17, 15) is 0 Å². The van der Waals surface area contributed by atoms with Crippen LogP contribution in [0.15, 0.2) is 61.3 Å². The molecule has 6 nitrogen and oxygen atoms in total. The highest BCUT2D eigenvalue weighted by molar-refractivity contribution is 6.30. The van der Waals surface area contributed by atoms with E-state index in [1.807, 2.05) is 40.9 Å². The molecule has 4 heterocycles. The number of imidazole rings is 1. The van der Waals surface area contributed by atoms with Gasteiger partial charge in [-0.1, -0.05) is 17.7 Å².